The topological polar surface area (TPSA) is 78.7 Å². The molecule has 136 valence electrons. The molecule has 27 heavy (non-hydrogen) atoms. The Labute approximate surface area is 155 Å². The van der Waals surface area contributed by atoms with Crippen molar-refractivity contribution < 1.29 is 23.7 Å². The number of nitrogens with zero attached hydrogens (tertiary/aromatic N) is 2. The van der Waals surface area contributed by atoms with E-state index in [1.54, 1.807) is 36.4 Å². The summed E-state index contributed by atoms with van der Waals surface area (Å²) in [5.74, 6) is -0.285. The number of nitrogens with one attached hydrogen (secondary N) is 1. The van der Waals surface area contributed by atoms with E-state index in [-0.39, 0.29) is 12.5 Å². The Morgan fingerprint density at radius 1 is 1.15 bits per heavy atom. The number of ether oxygens (including phenoxy) is 1. The van der Waals surface area contributed by atoms with Gasteiger partial charge in [-0.25, -0.2) is 4.79 Å². The Morgan fingerprint density at radius 2 is 1.85 bits per heavy atom. The van der Waals surface area contributed by atoms with Crippen LogP contribution in [0.2, 0.25) is 0 Å². The van der Waals surface area contributed by atoms with Gasteiger partial charge in [0.25, 0.3) is 12.0 Å². The molecular formula is C20H18N3O4+. The Balaban J connectivity index is 1.87. The number of urea groups is 1. The van der Waals surface area contributed by atoms with E-state index < -0.39 is 18.0 Å². The molecule has 2 aromatic rings. The van der Waals surface area contributed by atoms with Gasteiger partial charge in [-0.3, -0.25) is 4.79 Å². The van der Waals surface area contributed by atoms with Crippen LogP contribution in [0, 0.1) is 6.92 Å². The van der Waals surface area contributed by atoms with Crippen molar-refractivity contribution >= 4 is 29.2 Å². The minimum absolute atomic E-state index is 0.200. The summed E-state index contributed by atoms with van der Waals surface area (Å²) in [7, 11) is 1.50. The minimum Gasteiger partial charge on any atom is -0.469 e. The van der Waals surface area contributed by atoms with Crippen molar-refractivity contribution in [1.29, 1.82) is 0 Å². The molecule has 2 aliphatic rings. The van der Waals surface area contributed by atoms with E-state index in [1.165, 1.54) is 11.6 Å². The van der Waals surface area contributed by atoms with E-state index in [9.17, 15) is 14.4 Å². The maximum absolute atomic E-state index is 13.2. The molecule has 4 rings (SSSR count). The van der Waals surface area contributed by atoms with Gasteiger partial charge >= 0.3 is 11.9 Å². The van der Waals surface area contributed by atoms with Gasteiger partial charge in [0.05, 0.1) is 5.56 Å². The Morgan fingerprint density at radius 3 is 2.56 bits per heavy atom. The molecule has 7 heteroatoms. The number of anilines is 1. The number of likely N-dealkylation sites (N-methyl/N-ethyl adjacent to an activating group) is 1. The SMILES string of the molecule is CNC(=O)C[N+]1=C2c3ccccc3OC2C(=O)N(c2ccc(C)cc2)C1=O. The number of imide groups is 1. The van der Waals surface area contributed by atoms with Gasteiger partial charge in [0.2, 0.25) is 0 Å². The molecule has 0 fully saturated rings. The van der Waals surface area contributed by atoms with Crippen molar-refractivity contribution in [2.24, 2.45) is 0 Å². The van der Waals surface area contributed by atoms with Crippen molar-refractivity contribution in [3.05, 3.63) is 59.7 Å². The Hall–Kier alpha value is -3.48. The van der Waals surface area contributed by atoms with Crippen LogP contribution in [0.4, 0.5) is 10.5 Å². The van der Waals surface area contributed by atoms with Crippen molar-refractivity contribution in [1.82, 2.24) is 5.32 Å². The third-order valence-corrected chi connectivity index (χ3v) is 4.69. The zero-order valence-electron chi connectivity index (χ0n) is 14.9. The molecule has 2 aliphatic heterocycles. The van der Waals surface area contributed by atoms with E-state index >= 15 is 0 Å². The lowest BCUT2D eigenvalue weighted by molar-refractivity contribution is -0.417. The van der Waals surface area contributed by atoms with Crippen LogP contribution < -0.4 is 15.0 Å². The smallest absolute Gasteiger partial charge is 0.469 e. The molecule has 1 N–H and O–H groups in total. The summed E-state index contributed by atoms with van der Waals surface area (Å²) in [5.41, 5.74) is 2.51. The molecular weight excluding hydrogens is 346 g/mol. The van der Waals surface area contributed by atoms with Crippen LogP contribution >= 0.6 is 0 Å². The number of rotatable bonds is 3. The average Bonchev–Trinajstić information content (AvgIpc) is 3.06. The van der Waals surface area contributed by atoms with Gasteiger partial charge in [0.15, 0.2) is 12.3 Å². The number of carbonyl (C=O) groups is 3. The van der Waals surface area contributed by atoms with Crippen molar-refractivity contribution in [3.8, 4) is 5.75 Å². The van der Waals surface area contributed by atoms with Gasteiger partial charge in [-0.2, -0.15) is 9.37 Å². The first-order valence-electron chi connectivity index (χ1n) is 8.57. The normalized spacial score (nSPS) is 18.1. The molecule has 0 aromatic heterocycles. The van der Waals surface area contributed by atoms with Gasteiger partial charge in [-0.1, -0.05) is 29.8 Å². The third-order valence-electron chi connectivity index (χ3n) is 4.69. The molecule has 1 unspecified atom stereocenters. The number of amides is 4. The highest BCUT2D eigenvalue weighted by molar-refractivity contribution is 6.29. The average molecular weight is 364 g/mol. The lowest BCUT2D eigenvalue weighted by atomic mass is 10.0. The molecule has 1 atom stereocenters. The van der Waals surface area contributed by atoms with Crippen LogP contribution in [0.15, 0.2) is 48.5 Å². The molecule has 2 aromatic carbocycles. The zero-order valence-corrected chi connectivity index (χ0v) is 14.9. The van der Waals surface area contributed by atoms with Gasteiger partial charge < -0.3 is 10.1 Å². The second kappa shape index (κ2) is 6.35. The number of benzene rings is 2. The number of para-hydroxylation sites is 1. The van der Waals surface area contributed by atoms with Gasteiger partial charge in [0.1, 0.15) is 11.4 Å². The van der Waals surface area contributed by atoms with Crippen LogP contribution in [0.5, 0.6) is 5.75 Å². The molecule has 0 spiro atoms. The third kappa shape index (κ3) is 2.68. The summed E-state index contributed by atoms with van der Waals surface area (Å²) in [6.45, 7) is 1.72. The second-order valence-corrected chi connectivity index (χ2v) is 6.43. The van der Waals surface area contributed by atoms with Crippen LogP contribution in [0.1, 0.15) is 11.1 Å². The Bertz CT molecular complexity index is 995. The number of aryl methyl sites for hydroxylation is 1. The highest BCUT2D eigenvalue weighted by Crippen LogP contribution is 2.33. The van der Waals surface area contributed by atoms with Gasteiger partial charge in [-0.05, 0) is 31.2 Å². The molecule has 0 saturated carbocycles. The predicted octanol–water partition coefficient (Wildman–Crippen LogP) is 1.47. The first-order chi connectivity index (χ1) is 13.0. The molecule has 7 nitrogen and oxygen atoms in total. The minimum atomic E-state index is -0.967. The predicted molar refractivity (Wildman–Crippen MR) is 98.2 cm³/mol. The molecule has 0 bridgehead atoms. The van der Waals surface area contributed by atoms with Gasteiger partial charge in [-0.15, -0.1) is 4.90 Å². The van der Waals surface area contributed by atoms with E-state index in [1.807, 2.05) is 19.1 Å². The number of carbonyl (C=O) groups excluding carboxylic acids is 3. The molecule has 4 amide bonds. The van der Waals surface area contributed by atoms with Crippen molar-refractivity contribution in [2.45, 2.75) is 13.0 Å². The fourth-order valence-electron chi connectivity index (χ4n) is 3.30. The molecule has 0 radical (unpaired) electrons. The maximum atomic E-state index is 13.2. The van der Waals surface area contributed by atoms with Crippen molar-refractivity contribution in [3.63, 3.8) is 0 Å². The lowest BCUT2D eigenvalue weighted by Crippen LogP contribution is -2.59. The standard InChI is InChI=1S/C20H17N3O4/c1-12-7-9-13(10-8-12)23-19(25)18-17(14-5-3-4-6-15(14)27-18)22(20(23)26)11-16(24)21-2/h3-10,18H,11H2,1-2H3/p+1. The summed E-state index contributed by atoms with van der Waals surface area (Å²) in [6, 6.07) is 13.6. The largest absolute Gasteiger partial charge is 0.506 e. The van der Waals surface area contributed by atoms with E-state index in [2.05, 4.69) is 5.32 Å². The summed E-state index contributed by atoms with van der Waals surface area (Å²) < 4.78 is 7.15. The molecule has 0 saturated heterocycles. The first kappa shape index (κ1) is 17.0. The van der Waals surface area contributed by atoms with Crippen LogP contribution in [-0.4, -0.2) is 47.8 Å². The van der Waals surface area contributed by atoms with Crippen molar-refractivity contribution in [2.75, 3.05) is 18.5 Å². The monoisotopic (exact) mass is 364 g/mol. The molecule has 0 aliphatic carbocycles. The number of fused-ring (bicyclic) bond motifs is 3. The molecule has 2 heterocycles. The maximum Gasteiger partial charge on any atom is 0.506 e. The highest BCUT2D eigenvalue weighted by Gasteiger charge is 2.54. The fraction of sp³-hybridized carbons (Fsp3) is 0.200. The number of hydrogen-bond donors (Lipinski definition) is 1. The summed E-state index contributed by atoms with van der Waals surface area (Å²) >= 11 is 0. The van der Waals surface area contributed by atoms with Crippen LogP contribution in [0.3, 0.4) is 0 Å². The fourth-order valence-corrected chi connectivity index (χ4v) is 3.30. The van der Waals surface area contributed by atoms with E-state index in [0.717, 1.165) is 10.5 Å². The first-order valence-corrected chi connectivity index (χ1v) is 8.57. The number of hydrogen-bond acceptors (Lipinski definition) is 4. The highest BCUT2D eigenvalue weighted by atomic mass is 16.5. The van der Waals surface area contributed by atoms with Crippen LogP contribution in [-0.2, 0) is 9.59 Å². The summed E-state index contributed by atoms with van der Waals surface area (Å²) in [6.07, 6.45) is -0.967. The zero-order chi connectivity index (χ0) is 19.1. The Kier molecular flexibility index (Phi) is 3.99. The lowest BCUT2D eigenvalue weighted by Gasteiger charge is -2.23. The summed E-state index contributed by atoms with van der Waals surface area (Å²) in [4.78, 5) is 39.4. The summed E-state index contributed by atoms with van der Waals surface area (Å²) in [5, 5.41) is 2.52. The van der Waals surface area contributed by atoms with E-state index in [4.69, 9.17) is 4.74 Å². The van der Waals surface area contributed by atoms with Crippen LogP contribution in [0.25, 0.3) is 0 Å². The quantitative estimate of drug-likeness (QED) is 0.837. The second-order valence-electron chi connectivity index (χ2n) is 6.43. The van der Waals surface area contributed by atoms with Gasteiger partial charge in [0, 0.05) is 7.05 Å². The van der Waals surface area contributed by atoms with E-state index in [0.29, 0.717) is 22.7 Å².